The lowest BCUT2D eigenvalue weighted by Gasteiger charge is -2.08. The van der Waals surface area contributed by atoms with Crippen LogP contribution in [0.5, 0.6) is 11.5 Å². The molecule has 1 N–H and O–H groups in total. The summed E-state index contributed by atoms with van der Waals surface area (Å²) in [5, 5.41) is 19.6. The minimum Gasteiger partial charge on any atom is -0.496 e. The minimum atomic E-state index is -1.04. The van der Waals surface area contributed by atoms with Gasteiger partial charge in [-0.3, -0.25) is 10.1 Å². The lowest BCUT2D eigenvalue weighted by Crippen LogP contribution is -2.24. The fourth-order valence-electron chi connectivity index (χ4n) is 1.99. The van der Waals surface area contributed by atoms with Crippen LogP contribution < -0.4 is 9.47 Å². The molecule has 0 fully saturated rings. The topological polar surface area (TPSA) is 98.9 Å². The van der Waals surface area contributed by atoms with Gasteiger partial charge >= 0.3 is 5.97 Å². The van der Waals surface area contributed by atoms with Crippen molar-refractivity contribution < 1.29 is 24.3 Å². The molecule has 0 radical (unpaired) electrons. The molecule has 1 aromatic carbocycles. The molecule has 1 aliphatic rings. The number of nitro groups is 1. The van der Waals surface area contributed by atoms with Crippen LogP contribution in [0.2, 0.25) is 0 Å². The van der Waals surface area contributed by atoms with Crippen LogP contribution in [-0.4, -0.2) is 29.2 Å². The Kier molecular flexibility index (Phi) is 3.60. The van der Waals surface area contributed by atoms with Gasteiger partial charge in [0.05, 0.1) is 12.0 Å². The molecule has 0 spiro atoms. The maximum atomic E-state index is 10.9. The van der Waals surface area contributed by atoms with Gasteiger partial charge in [0.1, 0.15) is 11.5 Å². The Morgan fingerprint density at radius 1 is 1.60 bits per heavy atom. The molecule has 20 heavy (non-hydrogen) atoms. The van der Waals surface area contributed by atoms with E-state index in [1.165, 1.54) is 20.1 Å². The summed E-state index contributed by atoms with van der Waals surface area (Å²) in [6.45, 7) is 1.38. The Labute approximate surface area is 114 Å². The molecule has 0 bridgehead atoms. The first-order valence-corrected chi connectivity index (χ1v) is 5.85. The van der Waals surface area contributed by atoms with Gasteiger partial charge < -0.3 is 14.6 Å². The predicted octanol–water partition coefficient (Wildman–Crippen LogP) is 1.72. The number of hydrogen-bond acceptors (Lipinski definition) is 5. The summed E-state index contributed by atoms with van der Waals surface area (Å²) in [6, 6.07) is 3.21. The number of carboxylic acid groups (broad SMARTS) is 1. The highest BCUT2D eigenvalue weighted by Crippen LogP contribution is 2.36. The number of benzene rings is 1. The first-order chi connectivity index (χ1) is 9.42. The van der Waals surface area contributed by atoms with Crippen molar-refractivity contribution >= 4 is 12.0 Å². The largest absolute Gasteiger partial charge is 0.496 e. The molecule has 7 nitrogen and oxygen atoms in total. The lowest BCUT2D eigenvalue weighted by atomic mass is 10.0. The van der Waals surface area contributed by atoms with Crippen LogP contribution in [0.15, 0.2) is 17.8 Å². The smallest absolute Gasteiger partial charge is 0.345 e. The van der Waals surface area contributed by atoms with E-state index < -0.39 is 17.0 Å². The Morgan fingerprint density at radius 2 is 2.30 bits per heavy atom. The molecule has 2 rings (SSSR count). The van der Waals surface area contributed by atoms with Gasteiger partial charge in [0.2, 0.25) is 5.70 Å². The van der Waals surface area contributed by atoms with Crippen molar-refractivity contribution in [2.45, 2.75) is 19.4 Å². The van der Waals surface area contributed by atoms with Crippen LogP contribution in [0, 0.1) is 10.1 Å². The second-order valence-electron chi connectivity index (χ2n) is 4.39. The summed E-state index contributed by atoms with van der Waals surface area (Å²) in [7, 11) is 1.43. The fraction of sp³-hybridized carbons (Fsp3) is 0.308. The standard InChI is InChI=1S/C13H13NO6/c1-7(14(17)18)3-8-4-9-5-12(13(15)16)20-11(9)6-10(8)19-2/h3-4,6,12H,5H2,1-2H3,(H,15,16). The van der Waals surface area contributed by atoms with Crippen LogP contribution in [0.1, 0.15) is 18.1 Å². The number of methoxy groups -OCH3 is 1. The second-order valence-corrected chi connectivity index (χ2v) is 4.39. The minimum absolute atomic E-state index is 0.0306. The first kappa shape index (κ1) is 13.9. The maximum absolute atomic E-state index is 10.9. The molecule has 0 saturated carbocycles. The Morgan fingerprint density at radius 3 is 2.85 bits per heavy atom. The number of rotatable bonds is 4. The van der Waals surface area contributed by atoms with Gasteiger partial charge in [0, 0.05) is 31.1 Å². The molecule has 106 valence electrons. The average Bonchev–Trinajstić information content (AvgIpc) is 2.80. The van der Waals surface area contributed by atoms with Crippen molar-refractivity contribution in [3.63, 3.8) is 0 Å². The van der Waals surface area contributed by atoms with Crippen molar-refractivity contribution in [1.29, 1.82) is 0 Å². The van der Waals surface area contributed by atoms with Gasteiger partial charge in [0.25, 0.3) is 0 Å². The summed E-state index contributed by atoms with van der Waals surface area (Å²) in [5.74, 6) is -0.208. The van der Waals surface area contributed by atoms with Gasteiger partial charge in [-0.1, -0.05) is 0 Å². The van der Waals surface area contributed by atoms with E-state index in [4.69, 9.17) is 14.6 Å². The number of carboxylic acids is 1. The molecule has 1 aliphatic heterocycles. The van der Waals surface area contributed by atoms with E-state index in [-0.39, 0.29) is 12.1 Å². The normalized spacial score (nSPS) is 17.3. The van der Waals surface area contributed by atoms with Crippen LogP contribution in [-0.2, 0) is 11.2 Å². The van der Waals surface area contributed by atoms with Gasteiger partial charge in [-0.2, -0.15) is 0 Å². The third-order valence-corrected chi connectivity index (χ3v) is 3.02. The number of ether oxygens (including phenoxy) is 2. The molecule has 7 heteroatoms. The van der Waals surface area contributed by atoms with E-state index in [1.807, 2.05) is 0 Å². The van der Waals surface area contributed by atoms with Crippen molar-refractivity contribution in [2.24, 2.45) is 0 Å². The van der Waals surface area contributed by atoms with Crippen LogP contribution >= 0.6 is 0 Å². The quantitative estimate of drug-likeness (QED) is 0.665. The SMILES string of the molecule is COc1cc2c(cc1C=C(C)[N+](=O)[O-])CC(C(=O)O)O2. The molecule has 0 saturated heterocycles. The molecule has 0 aliphatic carbocycles. The Balaban J connectivity index is 2.42. The van der Waals surface area contributed by atoms with Crippen molar-refractivity contribution in [2.75, 3.05) is 7.11 Å². The third kappa shape index (κ3) is 2.56. The average molecular weight is 279 g/mol. The third-order valence-electron chi connectivity index (χ3n) is 3.02. The van der Waals surface area contributed by atoms with E-state index in [0.717, 1.165) is 0 Å². The Hall–Kier alpha value is -2.57. The summed E-state index contributed by atoms with van der Waals surface area (Å²) in [4.78, 5) is 21.1. The number of fused-ring (bicyclic) bond motifs is 1. The van der Waals surface area contributed by atoms with Crippen molar-refractivity contribution in [1.82, 2.24) is 0 Å². The van der Waals surface area contributed by atoms with E-state index >= 15 is 0 Å². The molecule has 0 aromatic heterocycles. The van der Waals surface area contributed by atoms with Crippen molar-refractivity contribution in [3.8, 4) is 11.5 Å². The van der Waals surface area contributed by atoms with Crippen LogP contribution in [0.4, 0.5) is 0 Å². The van der Waals surface area contributed by atoms with Gasteiger partial charge in [0.15, 0.2) is 6.10 Å². The van der Waals surface area contributed by atoms with E-state index in [1.54, 1.807) is 12.1 Å². The Bertz CT molecular complexity index is 607. The number of hydrogen-bond donors (Lipinski definition) is 1. The molecule has 0 amide bonds. The molecular weight excluding hydrogens is 266 g/mol. The summed E-state index contributed by atoms with van der Waals surface area (Å²) in [6.07, 6.45) is 0.686. The number of carbonyl (C=O) groups is 1. The maximum Gasteiger partial charge on any atom is 0.345 e. The predicted molar refractivity (Wildman–Crippen MR) is 69.4 cm³/mol. The number of allylic oxidation sites excluding steroid dienone is 1. The lowest BCUT2D eigenvalue weighted by molar-refractivity contribution is -0.422. The zero-order valence-corrected chi connectivity index (χ0v) is 11.0. The van der Waals surface area contributed by atoms with Crippen LogP contribution in [0.25, 0.3) is 6.08 Å². The molecule has 1 heterocycles. The van der Waals surface area contributed by atoms with Crippen LogP contribution in [0.3, 0.4) is 0 Å². The van der Waals surface area contributed by atoms with E-state index in [2.05, 4.69) is 0 Å². The number of aliphatic carboxylic acids is 1. The van der Waals surface area contributed by atoms with E-state index in [9.17, 15) is 14.9 Å². The summed E-state index contributed by atoms with van der Waals surface area (Å²) in [5.41, 5.74) is 1.19. The van der Waals surface area contributed by atoms with Gasteiger partial charge in [-0.05, 0) is 11.6 Å². The second kappa shape index (κ2) is 5.20. The monoisotopic (exact) mass is 279 g/mol. The molecule has 1 aromatic rings. The molecule has 1 atom stereocenters. The van der Waals surface area contributed by atoms with E-state index in [0.29, 0.717) is 22.6 Å². The van der Waals surface area contributed by atoms with Crippen molar-refractivity contribution in [3.05, 3.63) is 39.1 Å². The highest BCUT2D eigenvalue weighted by atomic mass is 16.6. The highest BCUT2D eigenvalue weighted by Gasteiger charge is 2.30. The summed E-state index contributed by atoms with van der Waals surface area (Å²) < 4.78 is 10.4. The first-order valence-electron chi connectivity index (χ1n) is 5.85. The zero-order valence-electron chi connectivity index (χ0n) is 11.0. The highest BCUT2D eigenvalue weighted by molar-refractivity contribution is 5.75. The van der Waals surface area contributed by atoms with Gasteiger partial charge in [-0.25, -0.2) is 4.79 Å². The number of nitrogens with zero attached hydrogens (tertiary/aromatic N) is 1. The van der Waals surface area contributed by atoms with Gasteiger partial charge in [-0.15, -0.1) is 0 Å². The molecule has 1 unspecified atom stereocenters. The zero-order chi connectivity index (χ0) is 14.9. The fourth-order valence-corrected chi connectivity index (χ4v) is 1.99. The summed E-state index contributed by atoms with van der Waals surface area (Å²) >= 11 is 0. The molecular formula is C13H13NO6.